The van der Waals surface area contributed by atoms with Crippen molar-refractivity contribution in [1.82, 2.24) is 15.1 Å². The predicted molar refractivity (Wildman–Crippen MR) is 104 cm³/mol. The maximum Gasteiger partial charge on any atom is 0.274 e. The fourth-order valence-corrected chi connectivity index (χ4v) is 3.08. The summed E-state index contributed by atoms with van der Waals surface area (Å²) in [5.41, 5.74) is 1.16. The molecule has 0 fully saturated rings. The van der Waals surface area contributed by atoms with Gasteiger partial charge in [0.05, 0.1) is 5.39 Å². The number of rotatable bonds is 6. The molecule has 1 amide bonds. The number of carbonyl (C=O) groups is 1. The highest BCUT2D eigenvalue weighted by Gasteiger charge is 2.16. The van der Waals surface area contributed by atoms with Crippen LogP contribution in [0.4, 0.5) is 0 Å². The number of hydrogen-bond acceptors (Lipinski definition) is 3. The van der Waals surface area contributed by atoms with E-state index in [9.17, 15) is 9.59 Å². The van der Waals surface area contributed by atoms with Crippen molar-refractivity contribution >= 4 is 28.3 Å². The van der Waals surface area contributed by atoms with E-state index in [1.165, 1.54) is 4.68 Å². The Labute approximate surface area is 156 Å². The summed E-state index contributed by atoms with van der Waals surface area (Å²) in [6, 6.07) is 14.6. The average molecular weight is 370 g/mol. The molecule has 0 atom stereocenters. The molecule has 0 aliphatic carbocycles. The zero-order valence-electron chi connectivity index (χ0n) is 14.5. The van der Waals surface area contributed by atoms with Gasteiger partial charge in [-0.3, -0.25) is 9.59 Å². The van der Waals surface area contributed by atoms with E-state index in [0.717, 1.165) is 12.0 Å². The van der Waals surface area contributed by atoms with Crippen LogP contribution in [0.15, 0.2) is 53.3 Å². The second-order valence-corrected chi connectivity index (χ2v) is 6.49. The van der Waals surface area contributed by atoms with E-state index in [1.807, 2.05) is 31.2 Å². The van der Waals surface area contributed by atoms with Gasteiger partial charge in [0.1, 0.15) is 0 Å². The van der Waals surface area contributed by atoms with Gasteiger partial charge in [0, 0.05) is 23.5 Å². The van der Waals surface area contributed by atoms with Crippen molar-refractivity contribution in [3.63, 3.8) is 0 Å². The maximum atomic E-state index is 12.7. The van der Waals surface area contributed by atoms with E-state index in [-0.39, 0.29) is 17.2 Å². The number of hydrogen-bond donors (Lipinski definition) is 1. The minimum absolute atomic E-state index is 0.169. The Kier molecular flexibility index (Phi) is 5.68. The number of aryl methyl sites for hydroxylation is 1. The molecule has 3 rings (SSSR count). The molecular formula is C20H20ClN3O2. The van der Waals surface area contributed by atoms with Crippen LogP contribution >= 0.6 is 11.6 Å². The SMILES string of the molecule is CCCn1nc(C(=O)NCCc2cccc(Cl)c2)c2ccccc2c1=O. The van der Waals surface area contributed by atoms with Crippen molar-refractivity contribution in [3.8, 4) is 0 Å². The van der Waals surface area contributed by atoms with E-state index < -0.39 is 0 Å². The van der Waals surface area contributed by atoms with Crippen LogP contribution in [-0.2, 0) is 13.0 Å². The normalized spacial score (nSPS) is 10.8. The molecule has 134 valence electrons. The lowest BCUT2D eigenvalue weighted by Gasteiger charge is -2.11. The van der Waals surface area contributed by atoms with Crippen molar-refractivity contribution in [2.75, 3.05) is 6.54 Å². The quantitative estimate of drug-likeness (QED) is 0.724. The average Bonchev–Trinajstić information content (AvgIpc) is 2.64. The third-order valence-electron chi connectivity index (χ3n) is 4.11. The molecule has 1 heterocycles. The third kappa shape index (κ3) is 3.94. The van der Waals surface area contributed by atoms with Crippen molar-refractivity contribution in [3.05, 3.63) is 75.2 Å². The lowest BCUT2D eigenvalue weighted by molar-refractivity contribution is 0.0948. The molecule has 0 aliphatic heterocycles. The largest absolute Gasteiger partial charge is 0.350 e. The Morgan fingerprint density at radius 1 is 1.15 bits per heavy atom. The van der Waals surface area contributed by atoms with Crippen LogP contribution in [0.2, 0.25) is 5.02 Å². The molecule has 0 unspecified atom stereocenters. The molecule has 26 heavy (non-hydrogen) atoms. The van der Waals surface area contributed by atoms with Crippen LogP contribution in [0, 0.1) is 0 Å². The first-order valence-electron chi connectivity index (χ1n) is 8.62. The van der Waals surface area contributed by atoms with E-state index in [0.29, 0.717) is 35.3 Å². The minimum atomic E-state index is -0.284. The number of nitrogens with zero attached hydrogens (tertiary/aromatic N) is 2. The number of benzene rings is 2. The third-order valence-corrected chi connectivity index (χ3v) is 4.34. The van der Waals surface area contributed by atoms with Crippen molar-refractivity contribution < 1.29 is 4.79 Å². The number of aromatic nitrogens is 2. The maximum absolute atomic E-state index is 12.7. The Morgan fingerprint density at radius 2 is 1.92 bits per heavy atom. The molecule has 0 radical (unpaired) electrons. The smallest absolute Gasteiger partial charge is 0.274 e. The lowest BCUT2D eigenvalue weighted by Crippen LogP contribution is -2.31. The van der Waals surface area contributed by atoms with E-state index in [4.69, 9.17) is 11.6 Å². The van der Waals surface area contributed by atoms with Crippen LogP contribution in [0.3, 0.4) is 0 Å². The van der Waals surface area contributed by atoms with Crippen LogP contribution in [0.5, 0.6) is 0 Å². The topological polar surface area (TPSA) is 64.0 Å². The molecule has 5 nitrogen and oxygen atoms in total. The summed E-state index contributed by atoms with van der Waals surface area (Å²) < 4.78 is 1.37. The van der Waals surface area contributed by atoms with Crippen molar-refractivity contribution in [1.29, 1.82) is 0 Å². The first-order valence-corrected chi connectivity index (χ1v) is 9.00. The van der Waals surface area contributed by atoms with Gasteiger partial charge < -0.3 is 5.32 Å². The standard InChI is InChI=1S/C20H20ClN3O2/c1-2-12-24-20(26)17-9-4-3-8-16(17)18(23-24)19(25)22-11-10-14-6-5-7-15(21)13-14/h3-9,13H,2,10-12H2,1H3,(H,22,25). The minimum Gasteiger partial charge on any atom is -0.350 e. The number of halogens is 1. The molecule has 0 spiro atoms. The zero-order chi connectivity index (χ0) is 18.5. The fraction of sp³-hybridized carbons (Fsp3) is 0.250. The molecule has 3 aromatic rings. The first kappa shape index (κ1) is 18.1. The number of nitrogens with one attached hydrogen (secondary N) is 1. The van der Waals surface area contributed by atoms with Gasteiger partial charge >= 0.3 is 0 Å². The predicted octanol–water partition coefficient (Wildman–Crippen LogP) is 3.43. The van der Waals surface area contributed by atoms with E-state index in [2.05, 4.69) is 10.4 Å². The molecule has 1 aromatic heterocycles. The Hall–Kier alpha value is -2.66. The van der Waals surface area contributed by atoms with Crippen molar-refractivity contribution in [2.24, 2.45) is 0 Å². The first-order chi connectivity index (χ1) is 12.6. The summed E-state index contributed by atoms with van der Waals surface area (Å²) in [4.78, 5) is 25.1. The number of fused-ring (bicyclic) bond motifs is 1. The highest BCUT2D eigenvalue weighted by molar-refractivity contribution is 6.30. The highest BCUT2D eigenvalue weighted by atomic mass is 35.5. The molecule has 0 saturated heterocycles. The summed E-state index contributed by atoms with van der Waals surface area (Å²) in [7, 11) is 0. The molecule has 1 N–H and O–H groups in total. The van der Waals surface area contributed by atoms with Gasteiger partial charge in [-0.25, -0.2) is 4.68 Å². The second-order valence-electron chi connectivity index (χ2n) is 6.06. The zero-order valence-corrected chi connectivity index (χ0v) is 15.3. The molecule has 2 aromatic carbocycles. The van der Waals surface area contributed by atoms with Crippen LogP contribution in [0.1, 0.15) is 29.4 Å². The van der Waals surface area contributed by atoms with Crippen molar-refractivity contribution in [2.45, 2.75) is 26.3 Å². The van der Waals surface area contributed by atoms with Gasteiger partial charge in [-0.15, -0.1) is 0 Å². The Bertz CT molecular complexity index is 998. The molecule has 0 saturated carbocycles. The van der Waals surface area contributed by atoms with Crippen LogP contribution in [0.25, 0.3) is 10.8 Å². The van der Waals surface area contributed by atoms with Gasteiger partial charge in [-0.2, -0.15) is 5.10 Å². The number of amides is 1. The van der Waals surface area contributed by atoms with E-state index in [1.54, 1.807) is 24.3 Å². The lowest BCUT2D eigenvalue weighted by atomic mass is 10.1. The van der Waals surface area contributed by atoms with Gasteiger partial charge in [0.2, 0.25) is 0 Å². The molecule has 0 aliphatic rings. The van der Waals surface area contributed by atoms with Gasteiger partial charge in [0.25, 0.3) is 11.5 Å². The summed E-state index contributed by atoms with van der Waals surface area (Å²) in [5, 5.41) is 8.95. The van der Waals surface area contributed by atoms with Crippen LogP contribution in [-0.4, -0.2) is 22.2 Å². The van der Waals surface area contributed by atoms with Gasteiger partial charge in [-0.1, -0.05) is 48.9 Å². The second kappa shape index (κ2) is 8.15. The molecular weight excluding hydrogens is 350 g/mol. The summed E-state index contributed by atoms with van der Waals surface area (Å²) in [5.74, 6) is -0.284. The monoisotopic (exact) mass is 369 g/mol. The van der Waals surface area contributed by atoms with Gasteiger partial charge in [0.15, 0.2) is 5.69 Å². The summed E-state index contributed by atoms with van der Waals surface area (Å²) in [6.07, 6.45) is 1.43. The fourth-order valence-electron chi connectivity index (χ4n) is 2.86. The molecule has 6 heteroatoms. The van der Waals surface area contributed by atoms with Gasteiger partial charge in [-0.05, 0) is 36.6 Å². The van der Waals surface area contributed by atoms with E-state index >= 15 is 0 Å². The molecule has 0 bridgehead atoms. The Balaban J connectivity index is 1.83. The number of carbonyl (C=O) groups excluding carboxylic acids is 1. The Morgan fingerprint density at radius 3 is 2.65 bits per heavy atom. The van der Waals surface area contributed by atoms with Crippen LogP contribution < -0.4 is 10.9 Å². The summed E-state index contributed by atoms with van der Waals surface area (Å²) >= 11 is 5.98. The highest BCUT2D eigenvalue weighted by Crippen LogP contribution is 2.14. The summed E-state index contributed by atoms with van der Waals surface area (Å²) in [6.45, 7) is 2.91.